The second kappa shape index (κ2) is 25.3. The molecule has 82 heavy (non-hydrogen) atoms. The summed E-state index contributed by atoms with van der Waals surface area (Å²) in [4.78, 5) is 39.8. The van der Waals surface area contributed by atoms with Crippen LogP contribution in [-0.4, -0.2) is 78.8 Å². The third-order valence-corrected chi connectivity index (χ3v) is 19.1. The Hall–Kier alpha value is -5.69. The number of nitrogens with two attached hydrogens (primary N) is 1. The van der Waals surface area contributed by atoms with E-state index < -0.39 is 10.0 Å². The highest BCUT2D eigenvalue weighted by molar-refractivity contribution is 9.10. The van der Waals surface area contributed by atoms with Crippen LogP contribution in [0.4, 0.5) is 5.69 Å². The molecule has 12 rings (SSSR count). The lowest BCUT2D eigenvalue weighted by atomic mass is 9.63. The maximum Gasteiger partial charge on any atom is 0.254 e. The lowest BCUT2D eigenvalue weighted by molar-refractivity contribution is 0.0652. The molecule has 8 aromatic rings. The number of aromatic nitrogens is 2. The van der Waals surface area contributed by atoms with Crippen molar-refractivity contribution in [2.45, 2.75) is 67.0 Å². The second-order valence-electron chi connectivity index (χ2n) is 20.7. The molecule has 13 nitrogen and oxygen atoms in total. The number of benzene rings is 6. The van der Waals surface area contributed by atoms with Gasteiger partial charge in [-0.15, -0.1) is 0 Å². The fraction of sp³-hybridized carbons (Fsp3) is 0.246. The molecule has 4 aliphatic rings. The quantitative estimate of drug-likeness (QED) is 0.0466. The van der Waals surface area contributed by atoms with Gasteiger partial charge < -0.3 is 36.1 Å². The van der Waals surface area contributed by atoms with Crippen LogP contribution >= 0.6 is 85.7 Å². The summed E-state index contributed by atoms with van der Waals surface area (Å²) < 4.78 is 29.1. The molecule has 3 aliphatic heterocycles. The van der Waals surface area contributed by atoms with Crippen LogP contribution in [0.3, 0.4) is 0 Å². The maximum atomic E-state index is 13.2. The molecule has 426 valence electrons. The summed E-state index contributed by atoms with van der Waals surface area (Å²) in [5, 5.41) is 11.9. The van der Waals surface area contributed by atoms with Crippen LogP contribution in [0.25, 0.3) is 21.8 Å². The van der Waals surface area contributed by atoms with Gasteiger partial charge in [0.2, 0.25) is 10.0 Å². The average Bonchev–Trinajstić information content (AvgIpc) is 4.17. The summed E-state index contributed by atoms with van der Waals surface area (Å²) in [6.45, 7) is 10.5. The molecule has 4 atom stereocenters. The van der Waals surface area contributed by atoms with E-state index in [9.17, 15) is 18.0 Å². The van der Waals surface area contributed by atoms with E-state index in [0.29, 0.717) is 81.2 Å². The lowest BCUT2D eigenvalue weighted by Gasteiger charge is -2.42. The Morgan fingerprint density at radius 3 is 1.77 bits per heavy atom. The number of carbonyl (C=O) groups is 2. The maximum absolute atomic E-state index is 13.2. The van der Waals surface area contributed by atoms with E-state index in [1.807, 2.05) is 52.3 Å². The number of hydrogen-bond donors (Lipinski definition) is 7. The molecule has 0 saturated heterocycles. The van der Waals surface area contributed by atoms with Crippen LogP contribution in [0.1, 0.15) is 86.6 Å². The number of hydrogen-bond acceptors (Lipinski definition) is 8. The first-order chi connectivity index (χ1) is 39.3. The highest BCUT2D eigenvalue weighted by Gasteiger charge is 2.50. The molecule has 5 heterocycles. The summed E-state index contributed by atoms with van der Waals surface area (Å²) in [6, 6.07) is 37.9. The van der Waals surface area contributed by atoms with Crippen molar-refractivity contribution in [3.8, 4) is 0 Å². The fourth-order valence-electron chi connectivity index (χ4n) is 12.0. The molecule has 21 heteroatoms. The minimum Gasteiger partial charge on any atom is -0.386 e. The minimum atomic E-state index is -3.58. The molecule has 0 radical (unpaired) electrons. The van der Waals surface area contributed by atoms with Gasteiger partial charge in [0.15, 0.2) is 0 Å². The van der Waals surface area contributed by atoms with Crippen LogP contribution in [-0.2, 0) is 28.3 Å². The van der Waals surface area contributed by atoms with E-state index in [0.717, 1.165) is 75.5 Å². The standard InChI is InChI=1S/C21H22BrClN2O2S.C21H20Cl2N4O.C19H16Cl3N3O/c1-14-3-2-4-20-21(14,18-13-15(22)5-10-19(18)25-20)11-12-24-28(26,27)17-8-6-16(23)7-9-17;1-12(24)25-11-19-20-16(17-10-15(23)5-6-18(17)26-20)7-8-27(19)21(28)13-3-2-4-14(22)9-13;20-12-3-1-2-11(8-12)19(26)25-7-6-14-15-9-13(21)4-5-16(15)24-18(14)17(25)10-23-22/h5-10,13,20,24-25H,1-4,11-12H2;2-6,9-10,19,25-26H,1,7-8,11,24H2;1-5,8-9,17,23-24H,6-7,10H2/t20-,21?;;/m1../s1. The molecule has 0 spiro atoms. The number of nitrogens with one attached hydrogen (secondary N) is 6. The zero-order valence-electron chi connectivity index (χ0n) is 44.2. The van der Waals surface area contributed by atoms with Gasteiger partial charge in [-0.05, 0) is 182 Å². The van der Waals surface area contributed by atoms with Crippen molar-refractivity contribution in [1.82, 2.24) is 34.6 Å². The molecule has 1 fully saturated rings. The Balaban J connectivity index is 0.000000138. The number of anilines is 1. The number of nitrogens with zero attached hydrogens (tertiary/aromatic N) is 2. The lowest BCUT2D eigenvalue weighted by Crippen LogP contribution is -2.45. The van der Waals surface area contributed by atoms with Crippen molar-refractivity contribution in [2.24, 2.45) is 5.73 Å². The summed E-state index contributed by atoms with van der Waals surface area (Å²) in [5.41, 5.74) is 16.5. The van der Waals surface area contributed by atoms with Crippen molar-refractivity contribution in [3.63, 3.8) is 0 Å². The normalized spacial score (nSPS) is 18.9. The summed E-state index contributed by atoms with van der Waals surface area (Å²) >= 11 is 39.8. The van der Waals surface area contributed by atoms with Gasteiger partial charge >= 0.3 is 0 Å². The first-order valence-corrected chi connectivity index (χ1v) is 31.1. The number of H-pyrrole nitrogens is 2. The Bertz CT molecular complexity index is 3880. The molecule has 0 bridgehead atoms. The van der Waals surface area contributed by atoms with Gasteiger partial charge in [0.25, 0.3) is 11.8 Å². The Morgan fingerprint density at radius 2 is 1.23 bits per heavy atom. The molecular formula is C61H58BrCl6N9O4S. The molecule has 6 aromatic carbocycles. The Kier molecular flexibility index (Phi) is 18.3. The second-order valence-corrected chi connectivity index (χ2v) is 25.8. The van der Waals surface area contributed by atoms with E-state index in [2.05, 4.69) is 71.4 Å². The molecule has 3 unspecified atom stereocenters. The number of rotatable bonds is 12. The number of amides is 2. The number of aromatic amines is 2. The van der Waals surface area contributed by atoms with Gasteiger partial charge in [0.05, 0.1) is 22.8 Å². The Labute approximate surface area is 515 Å². The van der Waals surface area contributed by atoms with E-state index in [1.165, 1.54) is 34.4 Å². The van der Waals surface area contributed by atoms with Crippen LogP contribution in [0.2, 0.25) is 25.1 Å². The number of halogens is 7. The van der Waals surface area contributed by atoms with E-state index in [4.69, 9.17) is 75.5 Å². The number of sulfonamides is 1. The largest absolute Gasteiger partial charge is 0.386 e. The molecule has 1 saturated carbocycles. The molecule has 8 N–H and O–H groups in total. The van der Waals surface area contributed by atoms with Gasteiger partial charge in [0.1, 0.15) is 0 Å². The van der Waals surface area contributed by atoms with Crippen LogP contribution in [0.5, 0.6) is 0 Å². The first kappa shape index (κ1) is 59.5. The van der Waals surface area contributed by atoms with Crippen LogP contribution < -0.4 is 25.9 Å². The SMILES string of the molecule is C=C(N)NCC1c2[nH]c3ccc(Cl)cc3c2CCN1C(=O)c1cccc(Cl)c1.C=C1CCC[C@H]2Nc3ccc(Br)cc3C12CCNS(=O)(=O)c1ccc(Cl)cc1.O=C(c1cccc(Cl)c1)N1CCc2c([nH]c3ccc(Cl)cc23)C1CNCl. The predicted molar refractivity (Wildman–Crippen MR) is 337 cm³/mol. The molecule has 2 amide bonds. The van der Waals surface area contributed by atoms with Crippen LogP contribution in [0, 0.1) is 0 Å². The van der Waals surface area contributed by atoms with E-state index in [-0.39, 0.29) is 40.3 Å². The zero-order chi connectivity index (χ0) is 58.0. The van der Waals surface area contributed by atoms with Crippen molar-refractivity contribution < 1.29 is 18.0 Å². The highest BCUT2D eigenvalue weighted by Crippen LogP contribution is 2.53. The third kappa shape index (κ3) is 12.4. The van der Waals surface area contributed by atoms with Crippen molar-refractivity contribution >= 4 is 135 Å². The topological polar surface area (TPSA) is 180 Å². The average molecular weight is 1310 g/mol. The van der Waals surface area contributed by atoms with Crippen molar-refractivity contribution in [3.05, 3.63) is 221 Å². The monoisotopic (exact) mass is 1300 g/mol. The van der Waals surface area contributed by atoms with Gasteiger partial charge in [-0.2, -0.15) is 0 Å². The van der Waals surface area contributed by atoms with Gasteiger partial charge in [0, 0.05) is 124 Å². The minimum absolute atomic E-state index is 0.0632. The molecule has 2 aromatic heterocycles. The highest BCUT2D eigenvalue weighted by atomic mass is 79.9. The van der Waals surface area contributed by atoms with Gasteiger partial charge in [-0.1, -0.05) is 105 Å². The van der Waals surface area contributed by atoms with Crippen molar-refractivity contribution in [2.75, 3.05) is 38.0 Å². The fourth-order valence-corrected chi connectivity index (χ4v) is 14.4. The summed E-state index contributed by atoms with van der Waals surface area (Å²) in [7, 11) is -3.58. The Morgan fingerprint density at radius 1 is 0.695 bits per heavy atom. The van der Waals surface area contributed by atoms with Crippen molar-refractivity contribution in [1.29, 1.82) is 0 Å². The summed E-state index contributed by atoms with van der Waals surface area (Å²) in [5.74, 6) is 0.229. The smallest absolute Gasteiger partial charge is 0.254 e. The zero-order valence-corrected chi connectivity index (χ0v) is 51.1. The van der Waals surface area contributed by atoms with Crippen LogP contribution in [0.15, 0.2) is 161 Å². The van der Waals surface area contributed by atoms with Gasteiger partial charge in [-0.3, -0.25) is 9.59 Å². The van der Waals surface area contributed by atoms with Gasteiger partial charge in [-0.25, -0.2) is 18.0 Å². The van der Waals surface area contributed by atoms with E-state index in [1.54, 1.807) is 60.7 Å². The third-order valence-electron chi connectivity index (χ3n) is 15.8. The first-order valence-electron chi connectivity index (χ1n) is 26.6. The molecule has 1 aliphatic carbocycles. The number of carbonyl (C=O) groups excluding carboxylic acids is 2. The summed E-state index contributed by atoms with van der Waals surface area (Å²) in [6.07, 6.45) is 5.27. The van der Waals surface area contributed by atoms with E-state index >= 15 is 0 Å². The molecular weight excluding hydrogens is 1250 g/mol. The number of fused-ring (bicyclic) bond motifs is 9. The predicted octanol–water partition coefficient (Wildman–Crippen LogP) is 14.4.